The van der Waals surface area contributed by atoms with Gasteiger partial charge in [-0.15, -0.1) is 17.2 Å². The number of nitrogens with zero attached hydrogens (tertiary/aromatic N) is 1. The van der Waals surface area contributed by atoms with Gasteiger partial charge in [0.05, 0.1) is 11.6 Å². The predicted molar refractivity (Wildman–Crippen MR) is 161 cm³/mol. The number of hydrogen-bond acceptors (Lipinski definition) is 2. The van der Waals surface area contributed by atoms with Crippen LogP contribution >= 0.6 is 0 Å². The largest absolute Gasteiger partial charge is 1.00 e. The molecule has 0 aliphatic carbocycles. The molecular formula is C35H42F2KN2-. The number of allylic oxidation sites excluding steroid dienone is 1. The van der Waals surface area contributed by atoms with Crippen LogP contribution in [0.15, 0.2) is 79.1 Å². The summed E-state index contributed by atoms with van der Waals surface area (Å²) in [6, 6.07) is 24.8. The van der Waals surface area contributed by atoms with Gasteiger partial charge in [0.1, 0.15) is 0 Å². The Morgan fingerprint density at radius 2 is 1.77 bits per heavy atom. The Morgan fingerprint density at radius 1 is 1.10 bits per heavy atom. The molecule has 40 heavy (non-hydrogen) atoms. The molecule has 1 heterocycles. The number of aryl methyl sites for hydroxylation is 1. The van der Waals surface area contributed by atoms with Crippen LogP contribution in [0.4, 0.5) is 14.5 Å². The summed E-state index contributed by atoms with van der Waals surface area (Å²) in [5, 5.41) is 3.71. The van der Waals surface area contributed by atoms with Gasteiger partial charge in [0.15, 0.2) is 0 Å². The maximum atomic E-state index is 14.0. The van der Waals surface area contributed by atoms with Crippen molar-refractivity contribution in [2.75, 3.05) is 18.4 Å². The van der Waals surface area contributed by atoms with E-state index >= 15 is 0 Å². The Hall–Kier alpha value is -1.60. The van der Waals surface area contributed by atoms with Crippen molar-refractivity contribution in [2.45, 2.75) is 65.5 Å². The molecule has 1 saturated heterocycles. The van der Waals surface area contributed by atoms with Crippen molar-refractivity contribution < 1.29 is 60.2 Å². The number of halogens is 2. The maximum Gasteiger partial charge on any atom is 1.00 e. The molecule has 1 N–H and O–H groups in total. The third-order valence-electron chi connectivity index (χ3n) is 7.41. The smallest absolute Gasteiger partial charge is 0.382 e. The van der Waals surface area contributed by atoms with Crippen LogP contribution in [0.1, 0.15) is 68.2 Å². The first-order valence-corrected chi connectivity index (χ1v) is 14.0. The molecule has 1 atom stereocenters. The summed E-state index contributed by atoms with van der Waals surface area (Å²) in [4.78, 5) is 2.50. The van der Waals surface area contributed by atoms with Gasteiger partial charge in [-0.05, 0) is 82.8 Å². The van der Waals surface area contributed by atoms with E-state index in [0.29, 0.717) is 29.5 Å². The van der Waals surface area contributed by atoms with E-state index < -0.39 is 0 Å². The summed E-state index contributed by atoms with van der Waals surface area (Å²) in [5.74, 6) is 0.174. The average Bonchev–Trinajstić information content (AvgIpc) is 2.94. The molecule has 0 aromatic heterocycles. The minimum Gasteiger partial charge on any atom is -0.382 e. The molecule has 0 saturated carbocycles. The zero-order valence-corrected chi connectivity index (χ0v) is 27.8. The van der Waals surface area contributed by atoms with E-state index in [0.717, 1.165) is 38.0 Å². The quantitative estimate of drug-likeness (QED) is 0.233. The van der Waals surface area contributed by atoms with Gasteiger partial charge >= 0.3 is 51.4 Å². The molecule has 1 fully saturated rings. The van der Waals surface area contributed by atoms with E-state index in [9.17, 15) is 8.78 Å². The van der Waals surface area contributed by atoms with E-state index in [-0.39, 0.29) is 63.0 Å². The molecule has 0 spiro atoms. The first kappa shape index (κ1) is 34.6. The van der Waals surface area contributed by atoms with Gasteiger partial charge in [-0.25, -0.2) is 14.8 Å². The molecule has 4 rings (SSSR count). The Bertz CT molecular complexity index is 1200. The Balaban J connectivity index is 0.000000623. The third kappa shape index (κ3) is 11.0. The molecule has 0 radical (unpaired) electrons. The molecule has 3 aromatic carbocycles. The number of rotatable bonds is 10. The number of anilines is 1. The van der Waals surface area contributed by atoms with Crippen molar-refractivity contribution in [1.82, 2.24) is 4.90 Å². The summed E-state index contributed by atoms with van der Waals surface area (Å²) in [6.07, 6.45) is 4.89. The van der Waals surface area contributed by atoms with Crippen LogP contribution in [-0.2, 0) is 6.54 Å². The fraction of sp³-hybridized carbons (Fsp3) is 0.371. The van der Waals surface area contributed by atoms with Crippen LogP contribution in [0.5, 0.6) is 0 Å². The van der Waals surface area contributed by atoms with Crippen molar-refractivity contribution in [2.24, 2.45) is 5.92 Å². The predicted octanol–water partition coefficient (Wildman–Crippen LogP) is 6.18. The monoisotopic (exact) mass is 567 g/mol. The van der Waals surface area contributed by atoms with Gasteiger partial charge in [-0.3, -0.25) is 17.7 Å². The van der Waals surface area contributed by atoms with Gasteiger partial charge < -0.3 is 10.2 Å². The Morgan fingerprint density at radius 3 is 2.35 bits per heavy atom. The Labute approximate surface area is 283 Å². The van der Waals surface area contributed by atoms with Crippen LogP contribution in [0, 0.1) is 31.3 Å². The van der Waals surface area contributed by atoms with E-state index in [2.05, 4.69) is 67.0 Å². The first-order chi connectivity index (χ1) is 18.8. The van der Waals surface area contributed by atoms with Gasteiger partial charge in [0.2, 0.25) is 0 Å². The van der Waals surface area contributed by atoms with Crippen LogP contribution in [0.3, 0.4) is 0 Å². The second-order valence-corrected chi connectivity index (χ2v) is 10.5. The van der Waals surface area contributed by atoms with Crippen molar-refractivity contribution >= 4 is 11.3 Å². The number of para-hydroxylation sites is 1. The van der Waals surface area contributed by atoms with Crippen molar-refractivity contribution in [3.63, 3.8) is 0 Å². The maximum absolute atomic E-state index is 14.0. The molecule has 2 nitrogen and oxygen atoms in total. The van der Waals surface area contributed by atoms with E-state index in [1.165, 1.54) is 35.7 Å². The van der Waals surface area contributed by atoms with Gasteiger partial charge in [0, 0.05) is 11.7 Å². The second-order valence-electron chi connectivity index (χ2n) is 10.5. The molecule has 1 aliphatic rings. The van der Waals surface area contributed by atoms with E-state index in [4.69, 9.17) is 6.58 Å². The SMILES string of the molecule is C=C(F)CCCC.[CH-]=C(c1[c-]cc(CN2CCC(C(C)Nc3ccccc3C)CC2)cc1)c1ccccc1F.[K+]. The zero-order valence-electron chi connectivity index (χ0n) is 24.7. The number of unbranched alkanes of at least 4 members (excludes halogenated alkanes) is 1. The minimum atomic E-state index is -0.309. The standard InChI is InChI=1S/C29H31FN2.C6H11F.K/c1-21-8-4-7-11-29(21)31-23(3)26-16-18-32(19-17-26)20-24-12-14-25(15-13-24)22(2)27-9-5-6-10-28(27)30;1-3-4-5-6(2)7;/h2,4-14,23,26,31H,16-20H2,1,3H3;2-5H2,1H3;/q-2;;+1. The van der Waals surface area contributed by atoms with Gasteiger partial charge in [-0.1, -0.05) is 50.3 Å². The van der Waals surface area contributed by atoms with Crippen molar-refractivity contribution in [3.8, 4) is 0 Å². The fourth-order valence-corrected chi connectivity index (χ4v) is 4.88. The number of likely N-dealkylation sites (tertiary alicyclic amines) is 1. The molecule has 5 heteroatoms. The molecular weight excluding hydrogens is 525 g/mol. The van der Waals surface area contributed by atoms with Crippen LogP contribution in [0.25, 0.3) is 5.57 Å². The zero-order chi connectivity index (χ0) is 28.2. The van der Waals surface area contributed by atoms with E-state index in [1.54, 1.807) is 18.2 Å². The number of piperidine rings is 1. The van der Waals surface area contributed by atoms with Gasteiger partial charge in [0.25, 0.3) is 0 Å². The fourth-order valence-electron chi connectivity index (χ4n) is 4.88. The Kier molecular flexibility index (Phi) is 15.6. The first-order valence-electron chi connectivity index (χ1n) is 14.0. The molecule has 0 bridgehead atoms. The summed E-state index contributed by atoms with van der Waals surface area (Å²) in [5.41, 5.74) is 5.32. The summed E-state index contributed by atoms with van der Waals surface area (Å²) in [6.45, 7) is 18.9. The molecule has 1 aliphatic heterocycles. The third-order valence-corrected chi connectivity index (χ3v) is 7.41. The van der Waals surface area contributed by atoms with Crippen molar-refractivity contribution in [3.05, 3.63) is 120 Å². The van der Waals surface area contributed by atoms with Gasteiger partial charge in [-0.2, -0.15) is 18.2 Å². The average molecular weight is 568 g/mol. The molecule has 0 amide bonds. The summed E-state index contributed by atoms with van der Waals surface area (Å²) in [7, 11) is 0. The number of hydrogen-bond donors (Lipinski definition) is 1. The molecule has 1 unspecified atom stereocenters. The molecule has 3 aromatic rings. The number of benzene rings is 3. The van der Waals surface area contributed by atoms with Crippen LogP contribution < -0.4 is 56.7 Å². The number of nitrogens with one attached hydrogen (secondary N) is 1. The topological polar surface area (TPSA) is 15.3 Å². The van der Waals surface area contributed by atoms with Crippen LogP contribution in [-0.4, -0.2) is 24.0 Å². The van der Waals surface area contributed by atoms with Crippen molar-refractivity contribution in [1.29, 1.82) is 0 Å². The second kappa shape index (κ2) is 18.0. The van der Waals surface area contributed by atoms with Crippen LogP contribution in [0.2, 0.25) is 0 Å². The van der Waals surface area contributed by atoms with E-state index in [1.807, 2.05) is 19.1 Å². The normalized spacial score (nSPS) is 14.3. The molecule has 208 valence electrons. The summed E-state index contributed by atoms with van der Waals surface area (Å²) >= 11 is 0. The minimum absolute atomic E-state index is 0. The summed E-state index contributed by atoms with van der Waals surface area (Å²) < 4.78 is 25.7.